The van der Waals surface area contributed by atoms with Crippen LogP contribution < -0.4 is 16.0 Å². The number of nitrogens with zero attached hydrogens (tertiary/aromatic N) is 4. The van der Waals surface area contributed by atoms with Gasteiger partial charge in [0.25, 0.3) is 11.8 Å². The number of fused-ring (bicyclic) bond motifs is 1. The van der Waals surface area contributed by atoms with Crippen LogP contribution in [0, 0.1) is 13.8 Å². The van der Waals surface area contributed by atoms with Gasteiger partial charge in [-0.2, -0.15) is 5.10 Å². The minimum atomic E-state index is -0.351. The lowest BCUT2D eigenvalue weighted by Crippen LogP contribution is -2.22. The van der Waals surface area contributed by atoms with E-state index in [1.54, 1.807) is 22.8 Å². The zero-order valence-electron chi connectivity index (χ0n) is 17.3. The van der Waals surface area contributed by atoms with Crippen LogP contribution in [-0.4, -0.2) is 37.9 Å². The SMILES string of the molecule is CCNC(=O)c1cn2ncnc(Nc3cc(C(=O)Nc4ncco4)ccc3C)c2c1C. The summed E-state index contributed by atoms with van der Waals surface area (Å²) in [4.78, 5) is 33.1. The lowest BCUT2D eigenvalue weighted by molar-refractivity contribution is 0.0954. The van der Waals surface area contributed by atoms with Crippen molar-refractivity contribution in [3.8, 4) is 0 Å². The summed E-state index contributed by atoms with van der Waals surface area (Å²) < 4.78 is 6.68. The van der Waals surface area contributed by atoms with E-state index in [0.717, 1.165) is 11.1 Å². The Balaban J connectivity index is 1.67. The van der Waals surface area contributed by atoms with Crippen molar-refractivity contribution in [1.29, 1.82) is 0 Å². The normalized spacial score (nSPS) is 10.8. The topological polar surface area (TPSA) is 126 Å². The Bertz CT molecular complexity index is 1260. The molecule has 0 aliphatic heterocycles. The van der Waals surface area contributed by atoms with Crippen LogP contribution in [-0.2, 0) is 0 Å². The van der Waals surface area contributed by atoms with E-state index in [1.165, 1.54) is 18.8 Å². The summed E-state index contributed by atoms with van der Waals surface area (Å²) in [6.07, 6.45) is 5.92. The maximum atomic E-state index is 12.5. The summed E-state index contributed by atoms with van der Waals surface area (Å²) >= 11 is 0. The van der Waals surface area contributed by atoms with Crippen LogP contribution in [0.1, 0.15) is 38.8 Å². The molecular formula is C21H21N7O3. The van der Waals surface area contributed by atoms with Gasteiger partial charge < -0.3 is 15.1 Å². The van der Waals surface area contributed by atoms with Gasteiger partial charge in [-0.1, -0.05) is 6.07 Å². The third-order valence-corrected chi connectivity index (χ3v) is 4.81. The monoisotopic (exact) mass is 419 g/mol. The number of carbonyl (C=O) groups excluding carboxylic acids is 2. The second-order valence-corrected chi connectivity index (χ2v) is 6.88. The average molecular weight is 419 g/mol. The van der Waals surface area contributed by atoms with Crippen molar-refractivity contribution in [2.24, 2.45) is 0 Å². The minimum Gasteiger partial charge on any atom is -0.432 e. The van der Waals surface area contributed by atoms with Gasteiger partial charge in [0.2, 0.25) is 0 Å². The maximum absolute atomic E-state index is 12.5. The third kappa shape index (κ3) is 3.95. The van der Waals surface area contributed by atoms with E-state index in [1.807, 2.05) is 26.8 Å². The third-order valence-electron chi connectivity index (χ3n) is 4.81. The number of carbonyl (C=O) groups is 2. The molecule has 0 aliphatic rings. The Morgan fingerprint density at radius 3 is 2.74 bits per heavy atom. The van der Waals surface area contributed by atoms with Crippen molar-refractivity contribution in [2.75, 3.05) is 17.2 Å². The van der Waals surface area contributed by atoms with Crippen molar-refractivity contribution in [2.45, 2.75) is 20.8 Å². The first-order chi connectivity index (χ1) is 15.0. The molecule has 0 radical (unpaired) electrons. The molecule has 3 N–H and O–H groups in total. The largest absolute Gasteiger partial charge is 0.432 e. The molecule has 1 aromatic carbocycles. The zero-order valence-corrected chi connectivity index (χ0v) is 17.3. The molecule has 0 aliphatic carbocycles. The second kappa shape index (κ2) is 8.27. The highest BCUT2D eigenvalue weighted by molar-refractivity contribution is 6.04. The summed E-state index contributed by atoms with van der Waals surface area (Å²) in [5.41, 5.74) is 3.99. The van der Waals surface area contributed by atoms with E-state index in [-0.39, 0.29) is 17.8 Å². The van der Waals surface area contributed by atoms with Crippen molar-refractivity contribution in [1.82, 2.24) is 24.9 Å². The molecule has 31 heavy (non-hydrogen) atoms. The molecule has 10 heteroatoms. The summed E-state index contributed by atoms with van der Waals surface area (Å²) in [5, 5.41) is 12.9. The van der Waals surface area contributed by atoms with Gasteiger partial charge in [0.05, 0.1) is 11.8 Å². The van der Waals surface area contributed by atoms with Gasteiger partial charge in [0.15, 0.2) is 5.82 Å². The quantitative estimate of drug-likeness (QED) is 0.438. The van der Waals surface area contributed by atoms with E-state index in [0.29, 0.717) is 34.7 Å². The molecule has 0 spiro atoms. The van der Waals surface area contributed by atoms with Gasteiger partial charge >= 0.3 is 6.01 Å². The fourth-order valence-corrected chi connectivity index (χ4v) is 3.22. The van der Waals surface area contributed by atoms with E-state index in [9.17, 15) is 9.59 Å². The fourth-order valence-electron chi connectivity index (χ4n) is 3.22. The number of aromatic nitrogens is 4. The predicted molar refractivity (Wildman–Crippen MR) is 115 cm³/mol. The van der Waals surface area contributed by atoms with Crippen LogP contribution in [0.3, 0.4) is 0 Å². The molecule has 4 aromatic rings. The lowest BCUT2D eigenvalue weighted by atomic mass is 10.1. The molecule has 3 aromatic heterocycles. The van der Waals surface area contributed by atoms with Crippen molar-refractivity contribution < 1.29 is 14.0 Å². The van der Waals surface area contributed by atoms with Gasteiger partial charge in [0, 0.05) is 24.0 Å². The number of rotatable bonds is 6. The molecular weight excluding hydrogens is 398 g/mol. The van der Waals surface area contributed by atoms with Crippen molar-refractivity contribution in [3.63, 3.8) is 0 Å². The van der Waals surface area contributed by atoms with Crippen LogP contribution in [0.15, 0.2) is 47.6 Å². The summed E-state index contributed by atoms with van der Waals surface area (Å²) in [6.45, 7) is 6.16. The van der Waals surface area contributed by atoms with E-state index < -0.39 is 0 Å². The lowest BCUT2D eigenvalue weighted by Gasteiger charge is -2.12. The van der Waals surface area contributed by atoms with E-state index in [2.05, 4.69) is 31.0 Å². The fraction of sp³-hybridized carbons (Fsp3) is 0.190. The van der Waals surface area contributed by atoms with Crippen LogP contribution in [0.4, 0.5) is 17.5 Å². The molecule has 10 nitrogen and oxygen atoms in total. The maximum Gasteiger partial charge on any atom is 0.301 e. The molecule has 0 saturated heterocycles. The van der Waals surface area contributed by atoms with Gasteiger partial charge in [-0.05, 0) is 44.0 Å². The van der Waals surface area contributed by atoms with Gasteiger partial charge in [-0.15, -0.1) is 0 Å². The Hall–Kier alpha value is -4.21. The summed E-state index contributed by atoms with van der Waals surface area (Å²) in [5.74, 6) is 0.00460. The highest BCUT2D eigenvalue weighted by Gasteiger charge is 2.18. The van der Waals surface area contributed by atoms with Crippen molar-refractivity contribution in [3.05, 3.63) is 65.4 Å². The molecule has 3 heterocycles. The number of hydrogen-bond acceptors (Lipinski definition) is 7. The average Bonchev–Trinajstić information content (AvgIpc) is 3.38. The summed E-state index contributed by atoms with van der Waals surface area (Å²) in [7, 11) is 0. The highest BCUT2D eigenvalue weighted by Crippen LogP contribution is 2.27. The Labute approximate surface area is 177 Å². The molecule has 0 unspecified atom stereocenters. The number of benzene rings is 1. The first-order valence-electron chi connectivity index (χ1n) is 9.67. The molecule has 2 amide bonds. The predicted octanol–water partition coefficient (Wildman–Crippen LogP) is 3.08. The highest BCUT2D eigenvalue weighted by atomic mass is 16.4. The van der Waals surface area contributed by atoms with Gasteiger partial charge in [-0.3, -0.25) is 14.9 Å². The first-order valence-corrected chi connectivity index (χ1v) is 9.67. The first kappa shape index (κ1) is 20.1. The molecule has 0 atom stereocenters. The number of aryl methyl sites for hydroxylation is 2. The number of nitrogens with one attached hydrogen (secondary N) is 3. The van der Waals surface area contributed by atoms with E-state index in [4.69, 9.17) is 4.42 Å². The Kier molecular flexibility index (Phi) is 5.35. The number of anilines is 3. The number of amides is 2. The van der Waals surface area contributed by atoms with Gasteiger partial charge in [0.1, 0.15) is 18.1 Å². The van der Waals surface area contributed by atoms with Crippen LogP contribution >= 0.6 is 0 Å². The van der Waals surface area contributed by atoms with Crippen LogP contribution in [0.25, 0.3) is 5.52 Å². The molecule has 0 saturated carbocycles. The number of hydrogen-bond donors (Lipinski definition) is 3. The molecule has 158 valence electrons. The smallest absolute Gasteiger partial charge is 0.301 e. The standard InChI is InChI=1S/C21H21N7O3/c1-4-22-20(30)15-10-28-17(13(15)3)18(24-11-25-28)26-16-9-14(6-5-12(16)2)19(29)27-21-23-7-8-31-21/h5-11H,4H2,1-3H3,(H,22,30)(H,23,27,29)(H,24,25,26). The molecule has 0 bridgehead atoms. The Morgan fingerprint density at radius 2 is 2.00 bits per heavy atom. The number of oxazole rings is 1. The summed E-state index contributed by atoms with van der Waals surface area (Å²) in [6, 6.07) is 5.38. The van der Waals surface area contributed by atoms with Crippen molar-refractivity contribution >= 4 is 34.9 Å². The zero-order chi connectivity index (χ0) is 22.0. The molecule has 0 fully saturated rings. The second-order valence-electron chi connectivity index (χ2n) is 6.88. The van der Waals surface area contributed by atoms with Crippen LogP contribution in [0.5, 0.6) is 0 Å². The van der Waals surface area contributed by atoms with Gasteiger partial charge in [-0.25, -0.2) is 14.5 Å². The van der Waals surface area contributed by atoms with E-state index >= 15 is 0 Å². The minimum absolute atomic E-state index is 0.124. The molecule has 4 rings (SSSR count). The van der Waals surface area contributed by atoms with Crippen LogP contribution in [0.2, 0.25) is 0 Å². The Morgan fingerprint density at radius 1 is 1.16 bits per heavy atom.